The van der Waals surface area contributed by atoms with Crippen molar-refractivity contribution in [1.82, 2.24) is 16.0 Å². The maximum absolute atomic E-state index is 12.5. The monoisotopic (exact) mass is 450 g/mol. The van der Waals surface area contributed by atoms with Crippen molar-refractivity contribution in [1.29, 1.82) is 0 Å². The minimum atomic E-state index is -1.47. The van der Waals surface area contributed by atoms with Crippen LogP contribution in [-0.4, -0.2) is 82.9 Å². The molecule has 13 nitrogen and oxygen atoms in total. The van der Waals surface area contributed by atoms with Crippen molar-refractivity contribution >= 4 is 42.2 Å². The van der Waals surface area contributed by atoms with Crippen LogP contribution < -0.4 is 33.2 Å². The first kappa shape index (κ1) is 27.6. The minimum absolute atomic E-state index is 0.101. The van der Waals surface area contributed by atoms with Crippen LogP contribution in [0.2, 0.25) is 0 Å². The summed E-state index contributed by atoms with van der Waals surface area (Å²) in [6.07, 6.45) is 0.500. The Balaban J connectivity index is 5.20. The molecule has 0 aromatic rings. The fourth-order valence-corrected chi connectivity index (χ4v) is 2.52. The van der Waals surface area contributed by atoms with E-state index < -0.39 is 66.8 Å². The fraction of sp³-hybridized carbons (Fsp3) is 0.688. The van der Waals surface area contributed by atoms with Crippen molar-refractivity contribution in [3.8, 4) is 0 Å². The third-order valence-electron chi connectivity index (χ3n) is 3.95. The number of unbranched alkanes of at least 4 members (excludes halogenated alkanes) is 1. The van der Waals surface area contributed by atoms with E-state index in [0.29, 0.717) is 19.4 Å². The number of nitrogens with two attached hydrogens (primary N) is 3. The number of thiol groups is 1. The summed E-state index contributed by atoms with van der Waals surface area (Å²) in [7, 11) is 0. The topological polar surface area (TPSA) is 240 Å². The molecule has 0 saturated heterocycles. The maximum Gasteiger partial charge on any atom is 0.326 e. The molecule has 0 spiro atoms. The number of carbonyl (C=O) groups excluding carboxylic acids is 4. The molecule has 0 aromatic heterocycles. The zero-order valence-electron chi connectivity index (χ0n) is 16.4. The molecule has 0 rings (SSSR count). The normalized spacial score (nSPS) is 14.7. The lowest BCUT2D eigenvalue weighted by Gasteiger charge is -2.23. The van der Waals surface area contributed by atoms with Crippen molar-refractivity contribution < 1.29 is 34.2 Å². The van der Waals surface area contributed by atoms with E-state index in [0.717, 1.165) is 0 Å². The highest BCUT2D eigenvalue weighted by Crippen LogP contribution is 2.03. The molecule has 0 heterocycles. The average molecular weight is 451 g/mol. The third-order valence-corrected chi connectivity index (χ3v) is 4.31. The van der Waals surface area contributed by atoms with Crippen molar-refractivity contribution in [3.63, 3.8) is 0 Å². The Hall–Kier alpha value is -2.42. The van der Waals surface area contributed by atoms with Gasteiger partial charge in [0, 0.05) is 5.75 Å². The number of hydrogen-bond acceptors (Lipinski definition) is 9. The summed E-state index contributed by atoms with van der Waals surface area (Å²) in [6, 6.07) is -5.23. The lowest BCUT2D eigenvalue weighted by Crippen LogP contribution is -2.58. The summed E-state index contributed by atoms with van der Waals surface area (Å²) >= 11 is 3.94. The molecular weight excluding hydrogens is 420 g/mol. The number of aliphatic hydroxyl groups is 1. The molecule has 4 amide bonds. The second-order valence-electron chi connectivity index (χ2n) is 6.45. The molecule has 0 bridgehead atoms. The molecule has 0 aromatic carbocycles. The quantitative estimate of drug-likeness (QED) is 0.0866. The van der Waals surface area contributed by atoms with E-state index >= 15 is 0 Å². The molecule has 0 fully saturated rings. The van der Waals surface area contributed by atoms with E-state index in [1.807, 2.05) is 0 Å². The molecule has 11 N–H and O–H groups in total. The van der Waals surface area contributed by atoms with Crippen LogP contribution in [0.3, 0.4) is 0 Å². The van der Waals surface area contributed by atoms with Gasteiger partial charge >= 0.3 is 5.97 Å². The predicted octanol–water partition coefficient (Wildman–Crippen LogP) is -4.22. The van der Waals surface area contributed by atoms with Gasteiger partial charge in [0.25, 0.3) is 0 Å². The third kappa shape index (κ3) is 10.4. The highest BCUT2D eigenvalue weighted by atomic mass is 32.1. The second-order valence-corrected chi connectivity index (χ2v) is 6.81. The summed E-state index contributed by atoms with van der Waals surface area (Å²) in [6.45, 7) is -0.294. The number of aliphatic hydroxyl groups excluding tert-OH is 1. The van der Waals surface area contributed by atoms with Gasteiger partial charge in [0.05, 0.1) is 13.0 Å². The van der Waals surface area contributed by atoms with Gasteiger partial charge in [0.2, 0.25) is 23.6 Å². The van der Waals surface area contributed by atoms with Gasteiger partial charge < -0.3 is 43.4 Å². The smallest absolute Gasteiger partial charge is 0.326 e. The Bertz CT molecular complexity index is 621. The van der Waals surface area contributed by atoms with Gasteiger partial charge in [0.15, 0.2) is 0 Å². The molecule has 30 heavy (non-hydrogen) atoms. The molecule has 4 atom stereocenters. The van der Waals surface area contributed by atoms with Crippen LogP contribution >= 0.6 is 12.6 Å². The van der Waals surface area contributed by atoms with Gasteiger partial charge in [-0.25, -0.2) is 4.79 Å². The standard InChI is InChI=1S/C16H30N6O7S/c17-4-2-1-3-9(16(28)29)20-14(26)10(5-12(19)24)21-15(27)11(7-30)22-13(25)8(18)6-23/h8-11,23,30H,1-7,17-18H2,(H2,19,24)(H,20,26)(H,21,27)(H,22,25)(H,28,29). The highest BCUT2D eigenvalue weighted by Gasteiger charge is 2.30. The van der Waals surface area contributed by atoms with E-state index in [2.05, 4.69) is 28.6 Å². The number of rotatable bonds is 15. The van der Waals surface area contributed by atoms with E-state index in [9.17, 15) is 29.1 Å². The zero-order valence-corrected chi connectivity index (χ0v) is 17.3. The number of nitrogens with one attached hydrogen (secondary N) is 3. The summed E-state index contributed by atoms with van der Waals surface area (Å²) < 4.78 is 0. The lowest BCUT2D eigenvalue weighted by atomic mass is 10.1. The van der Waals surface area contributed by atoms with Crippen LogP contribution in [0.1, 0.15) is 25.7 Å². The molecule has 0 aliphatic rings. The largest absolute Gasteiger partial charge is 0.480 e. The summed E-state index contributed by atoms with van der Waals surface area (Å²) in [4.78, 5) is 59.3. The maximum atomic E-state index is 12.5. The predicted molar refractivity (Wildman–Crippen MR) is 109 cm³/mol. The Morgan fingerprint density at radius 1 is 0.900 bits per heavy atom. The highest BCUT2D eigenvalue weighted by molar-refractivity contribution is 7.80. The van der Waals surface area contributed by atoms with E-state index in [1.54, 1.807) is 0 Å². The lowest BCUT2D eigenvalue weighted by molar-refractivity contribution is -0.142. The van der Waals surface area contributed by atoms with Gasteiger partial charge in [-0.2, -0.15) is 12.6 Å². The number of hydrogen-bond donors (Lipinski definition) is 9. The van der Waals surface area contributed by atoms with E-state index in [1.165, 1.54) is 0 Å². The fourth-order valence-electron chi connectivity index (χ4n) is 2.26. The Labute approximate surface area is 178 Å². The Kier molecular flexibility index (Phi) is 13.4. The number of primary amides is 1. The van der Waals surface area contributed by atoms with Gasteiger partial charge in [-0.05, 0) is 25.8 Å². The first-order chi connectivity index (χ1) is 14.1. The summed E-state index contributed by atoms with van der Waals surface area (Å²) in [5, 5.41) is 24.9. The SMILES string of the molecule is NCCCCC(NC(=O)C(CC(N)=O)NC(=O)C(CS)NC(=O)C(N)CO)C(=O)O. The number of carboxylic acid groups (broad SMARTS) is 1. The van der Waals surface area contributed by atoms with Gasteiger partial charge in [0.1, 0.15) is 24.2 Å². The first-order valence-corrected chi connectivity index (χ1v) is 9.80. The number of carbonyl (C=O) groups is 5. The van der Waals surface area contributed by atoms with Crippen LogP contribution in [0.15, 0.2) is 0 Å². The van der Waals surface area contributed by atoms with Crippen molar-refractivity contribution in [2.24, 2.45) is 17.2 Å². The molecular formula is C16H30N6O7S. The van der Waals surface area contributed by atoms with Crippen LogP contribution in [0.25, 0.3) is 0 Å². The van der Waals surface area contributed by atoms with E-state index in [-0.39, 0.29) is 12.2 Å². The van der Waals surface area contributed by atoms with Crippen LogP contribution in [0.4, 0.5) is 0 Å². The van der Waals surface area contributed by atoms with Crippen molar-refractivity contribution in [2.75, 3.05) is 18.9 Å². The number of amides is 4. The molecule has 0 aliphatic heterocycles. The molecule has 14 heteroatoms. The first-order valence-electron chi connectivity index (χ1n) is 9.16. The van der Waals surface area contributed by atoms with Crippen molar-refractivity contribution in [2.45, 2.75) is 49.9 Å². The Morgan fingerprint density at radius 2 is 1.43 bits per heavy atom. The zero-order chi connectivity index (χ0) is 23.3. The van der Waals surface area contributed by atoms with Gasteiger partial charge in [-0.1, -0.05) is 0 Å². The molecule has 4 unspecified atom stereocenters. The van der Waals surface area contributed by atoms with Gasteiger partial charge in [-0.3, -0.25) is 19.2 Å². The molecule has 172 valence electrons. The summed E-state index contributed by atoms with van der Waals surface area (Å²) in [5.74, 6) is -5.02. The number of carboxylic acids is 1. The Morgan fingerprint density at radius 3 is 1.90 bits per heavy atom. The van der Waals surface area contributed by atoms with Crippen LogP contribution in [0.5, 0.6) is 0 Å². The average Bonchev–Trinajstić information content (AvgIpc) is 2.69. The van der Waals surface area contributed by atoms with Gasteiger partial charge in [-0.15, -0.1) is 0 Å². The van der Waals surface area contributed by atoms with E-state index in [4.69, 9.17) is 22.3 Å². The summed E-state index contributed by atoms with van der Waals surface area (Å²) in [5.41, 5.74) is 15.8. The molecule has 0 saturated carbocycles. The molecule has 0 aliphatic carbocycles. The van der Waals surface area contributed by atoms with Crippen molar-refractivity contribution in [3.05, 3.63) is 0 Å². The van der Waals surface area contributed by atoms with Crippen LogP contribution in [-0.2, 0) is 24.0 Å². The minimum Gasteiger partial charge on any atom is -0.480 e. The number of aliphatic carboxylic acids is 1. The second kappa shape index (κ2) is 14.5. The molecule has 0 radical (unpaired) electrons. The van der Waals surface area contributed by atoms with Crippen LogP contribution in [0, 0.1) is 0 Å².